The van der Waals surface area contributed by atoms with Gasteiger partial charge in [0.15, 0.2) is 0 Å². The van der Waals surface area contributed by atoms with Gasteiger partial charge in [-0.15, -0.1) is 0 Å². The molecule has 0 saturated carbocycles. The van der Waals surface area contributed by atoms with E-state index in [0.29, 0.717) is 15.7 Å². The van der Waals surface area contributed by atoms with Gasteiger partial charge in [-0.1, -0.05) is 53.0 Å². The second kappa shape index (κ2) is 8.22. The Kier molecular flexibility index (Phi) is 6.00. The number of hydrogen-bond acceptors (Lipinski definition) is 2. The number of likely N-dealkylation sites (tertiary alicyclic amines) is 1. The van der Waals surface area contributed by atoms with Crippen molar-refractivity contribution in [1.29, 1.82) is 0 Å². The van der Waals surface area contributed by atoms with Crippen LogP contribution in [0.3, 0.4) is 0 Å². The van der Waals surface area contributed by atoms with Gasteiger partial charge in [0, 0.05) is 18.1 Å². The van der Waals surface area contributed by atoms with Crippen LogP contribution in [0.5, 0.6) is 0 Å². The zero-order valence-electron chi connectivity index (χ0n) is 14.3. The highest BCUT2D eigenvalue weighted by Gasteiger charge is 2.26. The highest BCUT2D eigenvalue weighted by molar-refractivity contribution is 6.35. The van der Waals surface area contributed by atoms with Crippen LogP contribution in [0.15, 0.2) is 42.5 Å². The Hall–Kier alpha value is -1.55. The van der Waals surface area contributed by atoms with Gasteiger partial charge in [0.1, 0.15) is 0 Å². The minimum Gasteiger partial charge on any atom is -0.324 e. The van der Waals surface area contributed by atoms with Crippen LogP contribution in [-0.4, -0.2) is 23.9 Å². The van der Waals surface area contributed by atoms with E-state index in [9.17, 15) is 4.79 Å². The van der Waals surface area contributed by atoms with Gasteiger partial charge in [0.25, 0.3) is 0 Å². The van der Waals surface area contributed by atoms with Gasteiger partial charge in [0.2, 0.25) is 5.91 Å². The van der Waals surface area contributed by atoms with E-state index in [1.165, 1.54) is 11.1 Å². The number of benzene rings is 2. The molecule has 1 saturated heterocycles. The van der Waals surface area contributed by atoms with Crippen LogP contribution in [-0.2, 0) is 11.3 Å². The Bertz CT molecular complexity index is 746. The van der Waals surface area contributed by atoms with E-state index in [2.05, 4.69) is 41.4 Å². The van der Waals surface area contributed by atoms with E-state index < -0.39 is 0 Å². The van der Waals surface area contributed by atoms with Crippen molar-refractivity contribution in [2.45, 2.75) is 26.3 Å². The van der Waals surface area contributed by atoms with Gasteiger partial charge < -0.3 is 5.32 Å². The second-order valence-corrected chi connectivity index (χ2v) is 7.52. The van der Waals surface area contributed by atoms with Crippen LogP contribution in [0, 0.1) is 12.8 Å². The minimum atomic E-state index is -0.0331. The Morgan fingerprint density at radius 1 is 1.20 bits per heavy atom. The summed E-state index contributed by atoms with van der Waals surface area (Å²) in [6, 6.07) is 13.7. The quantitative estimate of drug-likeness (QED) is 0.799. The fraction of sp³-hybridized carbons (Fsp3) is 0.350. The summed E-state index contributed by atoms with van der Waals surface area (Å²) in [5, 5.41) is 3.99. The summed E-state index contributed by atoms with van der Waals surface area (Å²) in [5.41, 5.74) is 3.12. The Balaban J connectivity index is 1.61. The molecule has 132 valence electrons. The third kappa shape index (κ3) is 4.97. The molecular formula is C20H22Cl2N2O. The van der Waals surface area contributed by atoms with E-state index in [1.54, 1.807) is 18.2 Å². The highest BCUT2D eigenvalue weighted by Crippen LogP contribution is 2.27. The smallest absolute Gasteiger partial charge is 0.228 e. The number of hydrogen-bond donors (Lipinski definition) is 1. The van der Waals surface area contributed by atoms with Crippen molar-refractivity contribution < 1.29 is 4.79 Å². The maximum absolute atomic E-state index is 12.6. The molecule has 1 atom stereocenters. The van der Waals surface area contributed by atoms with Crippen molar-refractivity contribution in [3.05, 3.63) is 63.6 Å². The monoisotopic (exact) mass is 376 g/mol. The molecule has 1 fully saturated rings. The molecule has 2 aromatic rings. The van der Waals surface area contributed by atoms with E-state index in [4.69, 9.17) is 23.2 Å². The molecule has 0 bridgehead atoms. The Labute approximate surface area is 158 Å². The molecule has 1 amide bonds. The summed E-state index contributed by atoms with van der Waals surface area (Å²) in [7, 11) is 0. The average Bonchev–Trinajstić information content (AvgIpc) is 2.60. The van der Waals surface area contributed by atoms with E-state index in [0.717, 1.165) is 32.5 Å². The standard InChI is InChI=1S/C20H22Cl2N2O/c1-14-4-6-15(7-5-14)12-24-10-2-3-16(13-24)20(25)23-19-11-17(21)8-9-18(19)22/h4-9,11,16H,2-3,10,12-13H2,1H3,(H,23,25). The van der Waals surface area contributed by atoms with Gasteiger partial charge in [0.05, 0.1) is 16.6 Å². The molecule has 1 aliphatic heterocycles. The SMILES string of the molecule is Cc1ccc(CN2CCCC(C(=O)Nc3cc(Cl)ccc3Cl)C2)cc1. The number of amides is 1. The lowest BCUT2D eigenvalue weighted by Crippen LogP contribution is -2.40. The molecule has 25 heavy (non-hydrogen) atoms. The predicted molar refractivity (Wildman–Crippen MR) is 104 cm³/mol. The third-order valence-electron chi connectivity index (χ3n) is 4.59. The Morgan fingerprint density at radius 3 is 2.72 bits per heavy atom. The summed E-state index contributed by atoms with van der Waals surface area (Å²) in [4.78, 5) is 15.0. The van der Waals surface area contributed by atoms with Crippen LogP contribution >= 0.6 is 23.2 Å². The first-order valence-electron chi connectivity index (χ1n) is 8.55. The topological polar surface area (TPSA) is 32.3 Å². The molecule has 1 N–H and O–H groups in total. The first-order valence-corrected chi connectivity index (χ1v) is 9.30. The summed E-state index contributed by atoms with van der Waals surface area (Å²) in [6.07, 6.45) is 1.92. The lowest BCUT2D eigenvalue weighted by Gasteiger charge is -2.32. The van der Waals surface area contributed by atoms with Crippen LogP contribution in [0.25, 0.3) is 0 Å². The largest absolute Gasteiger partial charge is 0.324 e. The lowest BCUT2D eigenvalue weighted by atomic mass is 9.96. The first-order chi connectivity index (χ1) is 12.0. The number of rotatable bonds is 4. The first kappa shape index (κ1) is 18.2. The van der Waals surface area contributed by atoms with Gasteiger partial charge in [-0.05, 0) is 50.1 Å². The number of nitrogens with zero attached hydrogens (tertiary/aromatic N) is 1. The van der Waals surface area contributed by atoms with E-state index in [-0.39, 0.29) is 11.8 Å². The summed E-state index contributed by atoms with van der Waals surface area (Å²) < 4.78 is 0. The maximum Gasteiger partial charge on any atom is 0.228 e. The molecule has 3 rings (SSSR count). The molecule has 1 heterocycles. The third-order valence-corrected chi connectivity index (χ3v) is 5.15. The molecule has 1 aliphatic rings. The van der Waals surface area contributed by atoms with E-state index >= 15 is 0 Å². The molecule has 2 aromatic carbocycles. The molecular weight excluding hydrogens is 355 g/mol. The molecule has 0 spiro atoms. The number of nitrogens with one attached hydrogen (secondary N) is 1. The summed E-state index contributed by atoms with van der Waals surface area (Å²) in [6.45, 7) is 4.75. The average molecular weight is 377 g/mol. The van der Waals surface area contributed by atoms with Crippen LogP contribution in [0.4, 0.5) is 5.69 Å². The normalized spacial score (nSPS) is 18.1. The molecule has 0 aromatic heterocycles. The number of carbonyl (C=O) groups excluding carboxylic acids is 1. The molecule has 1 unspecified atom stereocenters. The van der Waals surface area contributed by atoms with Crippen molar-refractivity contribution in [2.75, 3.05) is 18.4 Å². The number of halogens is 2. The molecule has 3 nitrogen and oxygen atoms in total. The zero-order chi connectivity index (χ0) is 17.8. The van der Waals surface area contributed by atoms with Crippen molar-refractivity contribution in [3.8, 4) is 0 Å². The fourth-order valence-electron chi connectivity index (χ4n) is 3.19. The predicted octanol–water partition coefficient (Wildman–Crippen LogP) is 5.15. The van der Waals surface area contributed by atoms with Crippen LogP contribution < -0.4 is 5.32 Å². The molecule has 0 radical (unpaired) electrons. The fourth-order valence-corrected chi connectivity index (χ4v) is 3.53. The molecule has 5 heteroatoms. The van der Waals surface area contributed by atoms with Gasteiger partial charge in [-0.2, -0.15) is 0 Å². The van der Waals surface area contributed by atoms with Gasteiger partial charge >= 0.3 is 0 Å². The van der Waals surface area contributed by atoms with Crippen molar-refractivity contribution in [1.82, 2.24) is 4.90 Å². The maximum atomic E-state index is 12.6. The second-order valence-electron chi connectivity index (χ2n) is 6.67. The number of carbonyl (C=O) groups is 1. The van der Waals surface area contributed by atoms with Crippen LogP contribution in [0.2, 0.25) is 10.0 Å². The van der Waals surface area contributed by atoms with Crippen molar-refractivity contribution in [2.24, 2.45) is 5.92 Å². The highest BCUT2D eigenvalue weighted by atomic mass is 35.5. The lowest BCUT2D eigenvalue weighted by molar-refractivity contribution is -0.121. The Morgan fingerprint density at radius 2 is 1.96 bits per heavy atom. The number of anilines is 1. The van der Waals surface area contributed by atoms with Crippen LogP contribution in [0.1, 0.15) is 24.0 Å². The molecule has 0 aliphatic carbocycles. The van der Waals surface area contributed by atoms with E-state index in [1.807, 2.05) is 0 Å². The summed E-state index contributed by atoms with van der Waals surface area (Å²) >= 11 is 12.1. The number of aryl methyl sites for hydroxylation is 1. The van der Waals surface area contributed by atoms with Crippen molar-refractivity contribution >= 4 is 34.8 Å². The minimum absolute atomic E-state index is 0.0118. The van der Waals surface area contributed by atoms with Gasteiger partial charge in [-0.25, -0.2) is 0 Å². The zero-order valence-corrected chi connectivity index (χ0v) is 15.8. The summed E-state index contributed by atoms with van der Waals surface area (Å²) in [5.74, 6) is -0.0213. The van der Waals surface area contributed by atoms with Gasteiger partial charge in [-0.3, -0.25) is 9.69 Å². The van der Waals surface area contributed by atoms with Crippen molar-refractivity contribution in [3.63, 3.8) is 0 Å². The number of piperidine rings is 1.